The number of hydrogen-bond donors (Lipinski definition) is 1. The van der Waals surface area contributed by atoms with Gasteiger partial charge in [0, 0.05) is 11.1 Å². The smallest absolute Gasteiger partial charge is 0.169 e. The molecule has 0 spiro atoms. The van der Waals surface area contributed by atoms with E-state index in [2.05, 4.69) is 5.10 Å². The van der Waals surface area contributed by atoms with Crippen LogP contribution in [0.3, 0.4) is 0 Å². The van der Waals surface area contributed by atoms with E-state index >= 15 is 0 Å². The Balaban J connectivity index is 1.73. The summed E-state index contributed by atoms with van der Waals surface area (Å²) in [5.41, 5.74) is 2.70. The molecule has 2 heterocycles. The Morgan fingerprint density at radius 1 is 0.917 bits per heavy atom. The maximum absolute atomic E-state index is 10.4. The first-order valence-electron chi connectivity index (χ1n) is 7.85. The molecule has 2 aromatic carbocycles. The van der Waals surface area contributed by atoms with Crippen LogP contribution in [0, 0.1) is 0 Å². The summed E-state index contributed by atoms with van der Waals surface area (Å²) in [6, 6.07) is 19.6. The third kappa shape index (κ3) is 2.42. The fourth-order valence-corrected chi connectivity index (χ4v) is 2.84. The first kappa shape index (κ1) is 14.5. The highest BCUT2D eigenvalue weighted by molar-refractivity contribution is 6.12. The molecule has 118 valence electrons. The van der Waals surface area contributed by atoms with Crippen LogP contribution in [0.15, 0.2) is 94.9 Å². The zero-order valence-corrected chi connectivity index (χ0v) is 13.3. The third-order valence-electron chi connectivity index (χ3n) is 4.18. The molecule has 0 fully saturated rings. The topological polar surface area (TPSA) is 48.2 Å². The van der Waals surface area contributed by atoms with E-state index in [4.69, 9.17) is 4.99 Å². The molecule has 0 saturated heterocycles. The van der Waals surface area contributed by atoms with Gasteiger partial charge in [0.15, 0.2) is 11.4 Å². The summed E-state index contributed by atoms with van der Waals surface area (Å²) in [6.07, 6.45) is 5.63. The Kier molecular flexibility index (Phi) is 3.31. The van der Waals surface area contributed by atoms with Crippen LogP contribution < -0.4 is 0 Å². The van der Waals surface area contributed by atoms with Crippen LogP contribution in [0.25, 0.3) is 0 Å². The van der Waals surface area contributed by atoms with Gasteiger partial charge in [0.05, 0.1) is 11.9 Å². The minimum Gasteiger partial charge on any atom is -0.504 e. The highest BCUT2D eigenvalue weighted by Crippen LogP contribution is 2.31. The van der Waals surface area contributed by atoms with Crippen molar-refractivity contribution in [3.8, 4) is 0 Å². The number of aliphatic hydroxyl groups is 1. The fourth-order valence-electron chi connectivity index (χ4n) is 2.84. The number of rotatable bonds is 2. The zero-order valence-electron chi connectivity index (χ0n) is 13.3. The molecule has 4 rings (SSSR count). The molecule has 0 amide bonds. The first-order chi connectivity index (χ1) is 11.7. The van der Waals surface area contributed by atoms with Gasteiger partial charge in [0.2, 0.25) is 0 Å². The van der Waals surface area contributed by atoms with Crippen LogP contribution in [0.2, 0.25) is 0 Å². The summed E-state index contributed by atoms with van der Waals surface area (Å²) < 4.78 is 0. The number of hydrazone groups is 1. The number of fused-ring (bicyclic) bond motifs is 1. The van der Waals surface area contributed by atoms with E-state index in [0.29, 0.717) is 5.71 Å². The van der Waals surface area contributed by atoms with E-state index in [1.165, 1.54) is 0 Å². The van der Waals surface area contributed by atoms with E-state index in [0.717, 1.165) is 16.8 Å². The molecule has 0 aliphatic carbocycles. The van der Waals surface area contributed by atoms with E-state index in [9.17, 15) is 5.11 Å². The molecular formula is C20H17N3O. The molecule has 0 saturated carbocycles. The predicted octanol–water partition coefficient (Wildman–Crippen LogP) is 3.88. The summed E-state index contributed by atoms with van der Waals surface area (Å²) in [7, 11) is 0. The van der Waals surface area contributed by atoms with Gasteiger partial charge >= 0.3 is 0 Å². The third-order valence-corrected chi connectivity index (χ3v) is 4.18. The van der Waals surface area contributed by atoms with Gasteiger partial charge in [-0.1, -0.05) is 60.7 Å². The second kappa shape index (κ2) is 5.49. The molecule has 0 bridgehead atoms. The number of benzene rings is 2. The number of aliphatic imine (C=N–C) groups is 1. The Labute approximate surface area is 140 Å². The lowest BCUT2D eigenvalue weighted by molar-refractivity contribution is 0.214. The SMILES string of the molecule is CC12C=CC(c3ccccc3)=NN1C=C(O)C(c1ccccc1)=N2. The van der Waals surface area contributed by atoms with Gasteiger partial charge in [0.25, 0.3) is 0 Å². The van der Waals surface area contributed by atoms with E-state index in [-0.39, 0.29) is 5.76 Å². The molecule has 0 aromatic heterocycles. The van der Waals surface area contributed by atoms with Gasteiger partial charge in [0.1, 0.15) is 5.71 Å². The Morgan fingerprint density at radius 3 is 2.21 bits per heavy atom. The quantitative estimate of drug-likeness (QED) is 0.914. The lowest BCUT2D eigenvalue weighted by Gasteiger charge is -2.37. The molecule has 2 aromatic rings. The lowest BCUT2D eigenvalue weighted by atomic mass is 10.0. The van der Waals surface area contributed by atoms with Crippen LogP contribution in [-0.4, -0.2) is 27.2 Å². The average molecular weight is 315 g/mol. The van der Waals surface area contributed by atoms with Crippen molar-refractivity contribution in [2.24, 2.45) is 10.1 Å². The van der Waals surface area contributed by atoms with Crippen LogP contribution >= 0.6 is 0 Å². The molecule has 1 N–H and O–H groups in total. The highest BCUT2D eigenvalue weighted by Gasteiger charge is 2.35. The van der Waals surface area contributed by atoms with Crippen molar-refractivity contribution in [1.82, 2.24) is 5.01 Å². The number of allylic oxidation sites excluding steroid dienone is 2. The van der Waals surface area contributed by atoms with Gasteiger partial charge in [-0.15, -0.1) is 0 Å². The molecule has 4 heteroatoms. The standard InChI is InChI=1S/C20H17N3O/c1-20-13-12-17(15-8-4-2-5-9-15)22-23(20)14-18(24)19(21-20)16-10-6-3-7-11-16/h2-14,24H,1H3. The van der Waals surface area contributed by atoms with Crippen LogP contribution in [-0.2, 0) is 0 Å². The van der Waals surface area contributed by atoms with Gasteiger partial charge in [-0.25, -0.2) is 10.0 Å². The Hall–Kier alpha value is -3.14. The van der Waals surface area contributed by atoms with Gasteiger partial charge in [-0.2, -0.15) is 5.10 Å². The monoisotopic (exact) mass is 315 g/mol. The van der Waals surface area contributed by atoms with E-state index < -0.39 is 5.66 Å². The molecule has 2 aliphatic rings. The lowest BCUT2D eigenvalue weighted by Crippen LogP contribution is -2.43. The minimum absolute atomic E-state index is 0.116. The second-order valence-corrected chi connectivity index (χ2v) is 5.96. The fraction of sp³-hybridized carbons (Fsp3) is 0.100. The Morgan fingerprint density at radius 2 is 1.54 bits per heavy atom. The van der Waals surface area contributed by atoms with E-state index in [1.807, 2.05) is 79.7 Å². The van der Waals surface area contributed by atoms with Crippen molar-refractivity contribution in [3.63, 3.8) is 0 Å². The van der Waals surface area contributed by atoms with Gasteiger partial charge < -0.3 is 5.11 Å². The van der Waals surface area contributed by atoms with Gasteiger partial charge in [-0.05, 0) is 19.1 Å². The summed E-state index contributed by atoms with van der Waals surface area (Å²) in [4.78, 5) is 4.75. The van der Waals surface area contributed by atoms with Crippen molar-refractivity contribution in [2.75, 3.05) is 0 Å². The largest absolute Gasteiger partial charge is 0.504 e. The summed E-state index contributed by atoms with van der Waals surface area (Å²) in [5.74, 6) is 0.116. The first-order valence-corrected chi connectivity index (χ1v) is 7.85. The van der Waals surface area contributed by atoms with Crippen molar-refractivity contribution in [1.29, 1.82) is 0 Å². The highest BCUT2D eigenvalue weighted by atomic mass is 16.3. The van der Waals surface area contributed by atoms with Crippen LogP contribution in [0.5, 0.6) is 0 Å². The normalized spacial score (nSPS) is 22.4. The minimum atomic E-state index is -0.643. The zero-order chi connectivity index (χ0) is 16.6. The summed E-state index contributed by atoms with van der Waals surface area (Å²) in [5, 5.41) is 16.8. The molecule has 0 radical (unpaired) electrons. The van der Waals surface area contributed by atoms with Crippen molar-refractivity contribution in [3.05, 3.63) is 95.9 Å². The number of nitrogens with zero attached hydrogens (tertiary/aromatic N) is 3. The van der Waals surface area contributed by atoms with Crippen molar-refractivity contribution in [2.45, 2.75) is 12.6 Å². The predicted molar refractivity (Wildman–Crippen MR) is 96.1 cm³/mol. The average Bonchev–Trinajstić information content (AvgIpc) is 2.63. The number of aliphatic hydroxyl groups excluding tert-OH is 1. The molecule has 2 aliphatic heterocycles. The Bertz CT molecular complexity index is 882. The molecular weight excluding hydrogens is 298 g/mol. The van der Waals surface area contributed by atoms with Crippen molar-refractivity contribution >= 4 is 11.4 Å². The maximum atomic E-state index is 10.4. The molecule has 24 heavy (non-hydrogen) atoms. The van der Waals surface area contributed by atoms with E-state index in [1.54, 1.807) is 11.2 Å². The second-order valence-electron chi connectivity index (χ2n) is 5.96. The van der Waals surface area contributed by atoms with Crippen LogP contribution in [0.1, 0.15) is 18.1 Å². The number of hydrogen-bond acceptors (Lipinski definition) is 4. The summed E-state index contributed by atoms with van der Waals surface area (Å²) in [6.45, 7) is 1.97. The molecule has 4 nitrogen and oxygen atoms in total. The van der Waals surface area contributed by atoms with Gasteiger partial charge in [-0.3, -0.25) is 0 Å². The van der Waals surface area contributed by atoms with Crippen molar-refractivity contribution < 1.29 is 5.11 Å². The molecule has 1 atom stereocenters. The van der Waals surface area contributed by atoms with Crippen LogP contribution in [0.4, 0.5) is 0 Å². The molecule has 1 unspecified atom stereocenters. The maximum Gasteiger partial charge on any atom is 0.169 e. The summed E-state index contributed by atoms with van der Waals surface area (Å²) >= 11 is 0.